The van der Waals surface area contributed by atoms with E-state index in [-0.39, 0.29) is 5.78 Å². The Hall–Kier alpha value is -1.70. The zero-order chi connectivity index (χ0) is 12.8. The van der Waals surface area contributed by atoms with Gasteiger partial charge in [-0.1, -0.05) is 12.1 Å². The molecule has 4 nitrogen and oxygen atoms in total. The molecular formula is C14H16N2O2. The maximum atomic E-state index is 11.9. The largest absolute Gasteiger partial charge is 0.379 e. The highest BCUT2D eigenvalue weighted by Crippen LogP contribution is 2.07. The van der Waals surface area contributed by atoms with Crippen LogP contribution in [0.15, 0.2) is 24.3 Å². The summed E-state index contributed by atoms with van der Waals surface area (Å²) in [4.78, 5) is 14.2. The number of nitrogens with zero attached hydrogens (tertiary/aromatic N) is 2. The third-order valence-corrected chi connectivity index (χ3v) is 3.09. The Labute approximate surface area is 107 Å². The first-order valence-corrected chi connectivity index (χ1v) is 6.13. The molecular weight excluding hydrogens is 228 g/mol. The van der Waals surface area contributed by atoms with Crippen LogP contribution in [0.5, 0.6) is 0 Å². The summed E-state index contributed by atoms with van der Waals surface area (Å²) in [6.07, 6.45) is 0.520. The molecule has 0 unspecified atom stereocenters. The van der Waals surface area contributed by atoms with Gasteiger partial charge in [-0.3, -0.25) is 9.69 Å². The number of hydrogen-bond acceptors (Lipinski definition) is 4. The third kappa shape index (κ3) is 3.39. The van der Waals surface area contributed by atoms with Crippen LogP contribution in [0, 0.1) is 11.3 Å². The topological polar surface area (TPSA) is 53.3 Å². The number of nitriles is 1. The summed E-state index contributed by atoms with van der Waals surface area (Å²) in [6.45, 7) is 4.10. The van der Waals surface area contributed by atoms with Gasteiger partial charge in [0.15, 0.2) is 5.78 Å². The number of morpholine rings is 1. The maximum absolute atomic E-state index is 11.9. The SMILES string of the molecule is N#Cc1ccc(C(=O)CCN2CCOCC2)cc1. The van der Waals surface area contributed by atoms with Crippen molar-refractivity contribution in [3.8, 4) is 6.07 Å². The van der Waals surface area contributed by atoms with Crippen LogP contribution >= 0.6 is 0 Å². The van der Waals surface area contributed by atoms with E-state index in [1.54, 1.807) is 24.3 Å². The number of rotatable bonds is 4. The van der Waals surface area contributed by atoms with Crippen molar-refractivity contribution in [2.45, 2.75) is 6.42 Å². The van der Waals surface area contributed by atoms with Crippen molar-refractivity contribution in [2.75, 3.05) is 32.8 Å². The molecule has 0 radical (unpaired) electrons. The minimum Gasteiger partial charge on any atom is -0.379 e. The molecule has 18 heavy (non-hydrogen) atoms. The predicted octanol–water partition coefficient (Wildman–Crippen LogP) is 1.46. The molecule has 1 aromatic carbocycles. The molecule has 1 aliphatic rings. The zero-order valence-corrected chi connectivity index (χ0v) is 10.3. The van der Waals surface area contributed by atoms with E-state index < -0.39 is 0 Å². The van der Waals surface area contributed by atoms with E-state index >= 15 is 0 Å². The van der Waals surface area contributed by atoms with Crippen molar-refractivity contribution in [3.05, 3.63) is 35.4 Å². The minimum atomic E-state index is 0.131. The Balaban J connectivity index is 1.85. The van der Waals surface area contributed by atoms with E-state index in [0.29, 0.717) is 17.5 Å². The van der Waals surface area contributed by atoms with Gasteiger partial charge < -0.3 is 4.74 Å². The fourth-order valence-corrected chi connectivity index (χ4v) is 1.96. The highest BCUT2D eigenvalue weighted by atomic mass is 16.5. The summed E-state index contributed by atoms with van der Waals surface area (Å²) in [5, 5.41) is 8.69. The lowest BCUT2D eigenvalue weighted by Gasteiger charge is -2.26. The van der Waals surface area contributed by atoms with E-state index in [9.17, 15) is 4.79 Å². The molecule has 0 saturated carbocycles. The Morgan fingerprint density at radius 2 is 1.94 bits per heavy atom. The lowest BCUT2D eigenvalue weighted by atomic mass is 10.1. The van der Waals surface area contributed by atoms with Gasteiger partial charge in [-0.2, -0.15) is 5.26 Å². The molecule has 0 bridgehead atoms. The van der Waals surface area contributed by atoms with Crippen LogP contribution < -0.4 is 0 Å². The minimum absolute atomic E-state index is 0.131. The summed E-state index contributed by atoms with van der Waals surface area (Å²) < 4.78 is 5.26. The maximum Gasteiger partial charge on any atom is 0.164 e. The number of benzene rings is 1. The number of carbonyl (C=O) groups is 1. The third-order valence-electron chi connectivity index (χ3n) is 3.09. The Morgan fingerprint density at radius 3 is 2.56 bits per heavy atom. The van der Waals surface area contributed by atoms with Crippen LogP contribution in [0.1, 0.15) is 22.3 Å². The Morgan fingerprint density at radius 1 is 1.28 bits per heavy atom. The lowest BCUT2D eigenvalue weighted by molar-refractivity contribution is 0.0370. The smallest absolute Gasteiger partial charge is 0.164 e. The molecule has 1 aromatic rings. The van der Waals surface area contributed by atoms with E-state index in [0.717, 1.165) is 32.8 Å². The molecule has 1 aliphatic heterocycles. The van der Waals surface area contributed by atoms with Crippen molar-refractivity contribution in [3.63, 3.8) is 0 Å². The average Bonchev–Trinajstić information content (AvgIpc) is 2.46. The monoisotopic (exact) mass is 244 g/mol. The molecule has 1 heterocycles. The van der Waals surface area contributed by atoms with Crippen molar-refractivity contribution >= 4 is 5.78 Å². The molecule has 1 saturated heterocycles. The van der Waals surface area contributed by atoms with E-state index in [2.05, 4.69) is 4.90 Å². The molecule has 2 rings (SSSR count). The molecule has 0 amide bonds. The van der Waals surface area contributed by atoms with E-state index in [1.807, 2.05) is 6.07 Å². The van der Waals surface area contributed by atoms with Crippen LogP contribution in [-0.4, -0.2) is 43.5 Å². The van der Waals surface area contributed by atoms with Gasteiger partial charge in [0.05, 0.1) is 24.8 Å². The fraction of sp³-hybridized carbons (Fsp3) is 0.429. The summed E-state index contributed by atoms with van der Waals surface area (Å²) in [5.74, 6) is 0.131. The van der Waals surface area contributed by atoms with Crippen molar-refractivity contribution in [1.82, 2.24) is 4.90 Å². The fourth-order valence-electron chi connectivity index (χ4n) is 1.96. The molecule has 0 N–H and O–H groups in total. The second kappa shape index (κ2) is 6.29. The standard InChI is InChI=1S/C14H16N2O2/c15-11-12-1-3-13(4-2-12)14(17)5-6-16-7-9-18-10-8-16/h1-4H,5-10H2. The highest BCUT2D eigenvalue weighted by Gasteiger charge is 2.12. The normalized spacial score (nSPS) is 16.2. The summed E-state index contributed by atoms with van der Waals surface area (Å²) in [6, 6.07) is 8.85. The quantitative estimate of drug-likeness (QED) is 0.752. The van der Waals surface area contributed by atoms with Gasteiger partial charge in [0.2, 0.25) is 0 Å². The van der Waals surface area contributed by atoms with Gasteiger partial charge >= 0.3 is 0 Å². The highest BCUT2D eigenvalue weighted by molar-refractivity contribution is 5.96. The van der Waals surface area contributed by atoms with Gasteiger partial charge in [0.25, 0.3) is 0 Å². The second-order valence-electron chi connectivity index (χ2n) is 4.32. The second-order valence-corrected chi connectivity index (χ2v) is 4.32. The first-order chi connectivity index (χ1) is 8.79. The number of hydrogen-bond donors (Lipinski definition) is 0. The van der Waals surface area contributed by atoms with E-state index in [1.165, 1.54) is 0 Å². The first-order valence-electron chi connectivity index (χ1n) is 6.13. The van der Waals surface area contributed by atoms with Gasteiger partial charge in [-0.25, -0.2) is 0 Å². The molecule has 0 aromatic heterocycles. The molecule has 94 valence electrons. The van der Waals surface area contributed by atoms with E-state index in [4.69, 9.17) is 10.00 Å². The molecule has 4 heteroatoms. The van der Waals surface area contributed by atoms with Crippen molar-refractivity contribution in [1.29, 1.82) is 5.26 Å². The average molecular weight is 244 g/mol. The summed E-state index contributed by atoms with van der Waals surface area (Å²) >= 11 is 0. The predicted molar refractivity (Wildman–Crippen MR) is 67.4 cm³/mol. The molecule has 1 fully saturated rings. The number of ether oxygens (including phenoxy) is 1. The first kappa shape index (κ1) is 12.7. The zero-order valence-electron chi connectivity index (χ0n) is 10.3. The van der Waals surface area contributed by atoms with Crippen molar-refractivity contribution < 1.29 is 9.53 Å². The number of ketones is 1. The number of Topliss-reactive ketones (excluding diaryl/α,β-unsaturated/α-hetero) is 1. The van der Waals surface area contributed by atoms with Gasteiger partial charge in [0.1, 0.15) is 0 Å². The van der Waals surface area contributed by atoms with Gasteiger partial charge in [-0.05, 0) is 12.1 Å². The Kier molecular flexibility index (Phi) is 4.46. The molecule has 0 aliphatic carbocycles. The van der Waals surface area contributed by atoms with Crippen LogP contribution in [-0.2, 0) is 4.74 Å². The van der Waals surface area contributed by atoms with Gasteiger partial charge in [0, 0.05) is 31.6 Å². The summed E-state index contributed by atoms with van der Waals surface area (Å²) in [7, 11) is 0. The number of carbonyl (C=O) groups excluding carboxylic acids is 1. The van der Waals surface area contributed by atoms with Crippen molar-refractivity contribution in [2.24, 2.45) is 0 Å². The Bertz CT molecular complexity index is 442. The summed E-state index contributed by atoms with van der Waals surface area (Å²) in [5.41, 5.74) is 1.27. The van der Waals surface area contributed by atoms with Gasteiger partial charge in [-0.15, -0.1) is 0 Å². The van der Waals surface area contributed by atoms with Crippen LogP contribution in [0.25, 0.3) is 0 Å². The lowest BCUT2D eigenvalue weighted by Crippen LogP contribution is -2.37. The van der Waals surface area contributed by atoms with Crippen LogP contribution in [0.4, 0.5) is 0 Å². The van der Waals surface area contributed by atoms with Crippen LogP contribution in [0.3, 0.4) is 0 Å². The van der Waals surface area contributed by atoms with Crippen LogP contribution in [0.2, 0.25) is 0 Å². The molecule has 0 spiro atoms. The molecule has 0 atom stereocenters.